The van der Waals surface area contributed by atoms with Crippen molar-refractivity contribution < 1.29 is 23.1 Å². The van der Waals surface area contributed by atoms with Crippen LogP contribution in [-0.2, 0) is 6.18 Å². The van der Waals surface area contributed by atoms with E-state index >= 15 is 0 Å². The number of aromatic nitrogens is 1. The predicted octanol–water partition coefficient (Wildman–Crippen LogP) is 1.86. The molecule has 1 aromatic heterocycles. The van der Waals surface area contributed by atoms with Crippen LogP contribution < -0.4 is 4.90 Å². The second-order valence-electron chi connectivity index (χ2n) is 3.29. The van der Waals surface area contributed by atoms with Gasteiger partial charge in [0, 0.05) is 20.3 Å². The van der Waals surface area contributed by atoms with E-state index in [-0.39, 0.29) is 5.82 Å². The molecule has 16 heavy (non-hydrogen) atoms. The van der Waals surface area contributed by atoms with E-state index in [2.05, 4.69) is 4.98 Å². The molecule has 1 heterocycles. The molecule has 0 aromatic carbocycles. The van der Waals surface area contributed by atoms with Gasteiger partial charge in [0.15, 0.2) is 0 Å². The fraction of sp³-hybridized carbons (Fsp3) is 0.333. The summed E-state index contributed by atoms with van der Waals surface area (Å²) in [4.78, 5) is 15.6. The molecule has 0 bridgehead atoms. The number of carboxylic acid groups (broad SMARTS) is 1. The summed E-state index contributed by atoms with van der Waals surface area (Å²) < 4.78 is 37.6. The Morgan fingerprint density at radius 2 is 2.00 bits per heavy atom. The normalized spacial score (nSPS) is 11.3. The minimum absolute atomic E-state index is 0.0531. The SMILES string of the molecule is CN(C)c1cc(C(F)(F)F)c(C(=O)O)cn1. The highest BCUT2D eigenvalue weighted by atomic mass is 19.4. The number of halogens is 3. The summed E-state index contributed by atoms with van der Waals surface area (Å²) in [6, 6.07) is 0.712. The van der Waals surface area contributed by atoms with Gasteiger partial charge >= 0.3 is 12.1 Å². The van der Waals surface area contributed by atoms with Crippen molar-refractivity contribution in [3.05, 3.63) is 23.4 Å². The lowest BCUT2D eigenvalue weighted by Crippen LogP contribution is -2.17. The number of anilines is 1. The number of hydrogen-bond acceptors (Lipinski definition) is 3. The lowest BCUT2D eigenvalue weighted by molar-refractivity contribution is -0.138. The van der Waals surface area contributed by atoms with Gasteiger partial charge in [-0.05, 0) is 6.07 Å². The van der Waals surface area contributed by atoms with Crippen molar-refractivity contribution in [2.75, 3.05) is 19.0 Å². The van der Waals surface area contributed by atoms with Gasteiger partial charge in [-0.15, -0.1) is 0 Å². The summed E-state index contributed by atoms with van der Waals surface area (Å²) in [6.07, 6.45) is -4.00. The van der Waals surface area contributed by atoms with Crippen LogP contribution in [0.15, 0.2) is 12.3 Å². The summed E-state index contributed by atoms with van der Waals surface area (Å²) >= 11 is 0. The molecule has 0 aliphatic carbocycles. The van der Waals surface area contributed by atoms with Gasteiger partial charge < -0.3 is 10.0 Å². The smallest absolute Gasteiger partial charge is 0.417 e. The minimum atomic E-state index is -4.71. The molecule has 0 fully saturated rings. The van der Waals surface area contributed by atoms with Crippen LogP contribution in [0.5, 0.6) is 0 Å². The van der Waals surface area contributed by atoms with Gasteiger partial charge in [-0.25, -0.2) is 9.78 Å². The monoisotopic (exact) mass is 234 g/mol. The fourth-order valence-corrected chi connectivity index (χ4v) is 1.09. The maximum absolute atomic E-state index is 12.5. The van der Waals surface area contributed by atoms with Crippen LogP contribution in [0.2, 0.25) is 0 Å². The highest BCUT2D eigenvalue weighted by Gasteiger charge is 2.36. The van der Waals surface area contributed by atoms with Gasteiger partial charge in [-0.3, -0.25) is 0 Å². The fourth-order valence-electron chi connectivity index (χ4n) is 1.09. The first-order valence-corrected chi connectivity index (χ1v) is 4.21. The Kier molecular flexibility index (Phi) is 3.06. The third kappa shape index (κ3) is 2.41. The van der Waals surface area contributed by atoms with Crippen molar-refractivity contribution in [3.63, 3.8) is 0 Å². The van der Waals surface area contributed by atoms with Gasteiger partial charge in [0.25, 0.3) is 0 Å². The van der Waals surface area contributed by atoms with Crippen molar-refractivity contribution >= 4 is 11.8 Å². The van der Waals surface area contributed by atoms with Crippen LogP contribution in [0.25, 0.3) is 0 Å². The number of aromatic carboxylic acids is 1. The molecule has 88 valence electrons. The Morgan fingerprint density at radius 3 is 2.38 bits per heavy atom. The number of alkyl halides is 3. The topological polar surface area (TPSA) is 53.4 Å². The zero-order chi connectivity index (χ0) is 12.5. The lowest BCUT2D eigenvalue weighted by Gasteiger charge is -2.15. The Bertz CT molecular complexity index is 416. The minimum Gasteiger partial charge on any atom is -0.478 e. The largest absolute Gasteiger partial charge is 0.478 e. The Labute approximate surface area is 89.3 Å². The predicted molar refractivity (Wildman–Crippen MR) is 50.5 cm³/mol. The standard InChI is InChI=1S/C9H9F3N2O2/c1-14(2)7-3-6(9(10,11)12)5(4-13-7)8(15)16/h3-4H,1-2H3,(H,15,16). The van der Waals surface area contributed by atoms with Crippen LogP contribution >= 0.6 is 0 Å². The van der Waals surface area contributed by atoms with E-state index in [0.29, 0.717) is 12.3 Å². The Morgan fingerprint density at radius 1 is 1.44 bits per heavy atom. The number of nitrogens with zero attached hydrogens (tertiary/aromatic N) is 2. The zero-order valence-corrected chi connectivity index (χ0v) is 8.54. The third-order valence-corrected chi connectivity index (χ3v) is 1.88. The van der Waals surface area contributed by atoms with E-state index in [9.17, 15) is 18.0 Å². The number of pyridine rings is 1. The molecule has 7 heteroatoms. The van der Waals surface area contributed by atoms with E-state index in [1.807, 2.05) is 0 Å². The number of carbonyl (C=O) groups is 1. The molecule has 0 spiro atoms. The summed E-state index contributed by atoms with van der Waals surface area (Å²) in [7, 11) is 3.03. The molecule has 0 unspecified atom stereocenters. The molecule has 0 atom stereocenters. The number of rotatable bonds is 2. The van der Waals surface area contributed by atoms with Crippen molar-refractivity contribution in [2.45, 2.75) is 6.18 Å². The molecule has 0 amide bonds. The molecular weight excluding hydrogens is 225 g/mol. The molecule has 0 aliphatic rings. The van der Waals surface area contributed by atoms with Gasteiger partial charge in [-0.2, -0.15) is 13.2 Å². The highest BCUT2D eigenvalue weighted by molar-refractivity contribution is 5.89. The zero-order valence-electron chi connectivity index (χ0n) is 8.54. The van der Waals surface area contributed by atoms with Crippen LogP contribution in [0, 0.1) is 0 Å². The average Bonchev–Trinajstić information content (AvgIpc) is 2.15. The summed E-state index contributed by atoms with van der Waals surface area (Å²) in [6.45, 7) is 0. The van der Waals surface area contributed by atoms with E-state index in [1.165, 1.54) is 19.0 Å². The first-order valence-electron chi connectivity index (χ1n) is 4.21. The Balaban J connectivity index is 3.39. The van der Waals surface area contributed by atoms with E-state index < -0.39 is 23.3 Å². The van der Waals surface area contributed by atoms with Gasteiger partial charge in [0.2, 0.25) is 0 Å². The molecule has 0 aliphatic heterocycles. The molecule has 0 saturated carbocycles. The first-order chi connectivity index (χ1) is 7.23. The second kappa shape index (κ2) is 3.99. The molecule has 1 rings (SSSR count). The number of carboxylic acids is 1. The van der Waals surface area contributed by atoms with Crippen molar-refractivity contribution in [1.29, 1.82) is 0 Å². The van der Waals surface area contributed by atoms with E-state index in [1.54, 1.807) is 0 Å². The molecule has 1 N–H and O–H groups in total. The first kappa shape index (κ1) is 12.3. The third-order valence-electron chi connectivity index (χ3n) is 1.88. The van der Waals surface area contributed by atoms with Crippen LogP contribution in [0.3, 0.4) is 0 Å². The number of hydrogen-bond donors (Lipinski definition) is 1. The van der Waals surface area contributed by atoms with E-state index in [0.717, 1.165) is 0 Å². The molecule has 1 aromatic rings. The van der Waals surface area contributed by atoms with Gasteiger partial charge in [0.05, 0.1) is 11.1 Å². The van der Waals surface area contributed by atoms with E-state index in [4.69, 9.17) is 5.11 Å². The van der Waals surface area contributed by atoms with Gasteiger partial charge in [-0.1, -0.05) is 0 Å². The van der Waals surface area contributed by atoms with Crippen LogP contribution in [0.1, 0.15) is 15.9 Å². The Hall–Kier alpha value is -1.79. The molecule has 0 saturated heterocycles. The van der Waals surface area contributed by atoms with Crippen molar-refractivity contribution in [3.8, 4) is 0 Å². The van der Waals surface area contributed by atoms with Gasteiger partial charge in [0.1, 0.15) is 5.82 Å². The summed E-state index contributed by atoms with van der Waals surface area (Å²) in [5, 5.41) is 8.60. The molecule has 4 nitrogen and oxygen atoms in total. The molecular formula is C9H9F3N2O2. The maximum atomic E-state index is 12.5. The highest BCUT2D eigenvalue weighted by Crippen LogP contribution is 2.33. The quantitative estimate of drug-likeness (QED) is 0.848. The maximum Gasteiger partial charge on any atom is 0.417 e. The average molecular weight is 234 g/mol. The van der Waals surface area contributed by atoms with Crippen molar-refractivity contribution in [1.82, 2.24) is 4.98 Å². The summed E-state index contributed by atoms with van der Waals surface area (Å²) in [5.41, 5.74) is -2.04. The lowest BCUT2D eigenvalue weighted by atomic mass is 10.1. The molecule has 0 radical (unpaired) electrons. The van der Waals surface area contributed by atoms with Crippen LogP contribution in [-0.4, -0.2) is 30.2 Å². The second-order valence-corrected chi connectivity index (χ2v) is 3.29. The van der Waals surface area contributed by atoms with Crippen molar-refractivity contribution in [2.24, 2.45) is 0 Å². The van der Waals surface area contributed by atoms with Crippen LogP contribution in [0.4, 0.5) is 19.0 Å². The summed E-state index contributed by atoms with van der Waals surface area (Å²) in [5.74, 6) is -1.59.